The number of nitrogens with zero attached hydrogens (tertiary/aromatic N) is 2. The highest BCUT2D eigenvalue weighted by Gasteiger charge is 1.96. The van der Waals surface area contributed by atoms with Crippen LogP contribution in [-0.4, -0.2) is 22.4 Å². The minimum absolute atomic E-state index is 0. The smallest absolute Gasteiger partial charge is 0.150 e. The summed E-state index contributed by atoms with van der Waals surface area (Å²) in [6, 6.07) is 7.16. The molecule has 2 aromatic rings. The highest BCUT2D eigenvalue weighted by atomic mass is 35.5. The Morgan fingerprint density at radius 1 is 1.39 bits per heavy atom. The van der Waals surface area contributed by atoms with Gasteiger partial charge in [0.2, 0.25) is 0 Å². The molecule has 0 aliphatic heterocycles. The van der Waals surface area contributed by atoms with E-state index in [-0.39, 0.29) is 12.4 Å². The van der Waals surface area contributed by atoms with Gasteiger partial charge in [-0.15, -0.1) is 12.4 Å². The molecule has 96 valence electrons. The predicted molar refractivity (Wildman–Crippen MR) is 71.4 cm³/mol. The van der Waals surface area contributed by atoms with E-state index in [1.165, 1.54) is 0 Å². The summed E-state index contributed by atoms with van der Waals surface area (Å²) >= 11 is 0. The van der Waals surface area contributed by atoms with Crippen LogP contribution < -0.4 is 4.74 Å². The normalized spacial score (nSPS) is 9.56. The van der Waals surface area contributed by atoms with Gasteiger partial charge in [0.25, 0.3) is 0 Å². The minimum Gasteiger partial charge on any atom is -0.494 e. The summed E-state index contributed by atoms with van der Waals surface area (Å²) in [6.45, 7) is 1.51. The zero-order valence-corrected chi connectivity index (χ0v) is 10.7. The Kier molecular flexibility index (Phi) is 5.94. The first-order chi connectivity index (χ1) is 8.38. The summed E-state index contributed by atoms with van der Waals surface area (Å²) in [5.41, 5.74) is 0.636. The van der Waals surface area contributed by atoms with E-state index in [9.17, 15) is 4.79 Å². The van der Waals surface area contributed by atoms with E-state index in [0.29, 0.717) is 12.2 Å². The van der Waals surface area contributed by atoms with Crippen molar-refractivity contribution in [2.75, 3.05) is 6.61 Å². The predicted octanol–water partition coefficient (Wildman–Crippen LogP) is 2.59. The molecule has 18 heavy (non-hydrogen) atoms. The molecule has 0 amide bonds. The van der Waals surface area contributed by atoms with E-state index in [2.05, 4.69) is 4.98 Å². The molecule has 0 saturated heterocycles. The molecular formula is C13H15ClN2O2. The van der Waals surface area contributed by atoms with Crippen molar-refractivity contribution in [2.45, 2.75) is 13.0 Å². The molecule has 1 aromatic carbocycles. The van der Waals surface area contributed by atoms with Gasteiger partial charge in [-0.2, -0.15) is 0 Å². The third-order valence-corrected chi connectivity index (χ3v) is 2.38. The van der Waals surface area contributed by atoms with Crippen LogP contribution in [0.2, 0.25) is 0 Å². The third kappa shape index (κ3) is 4.22. The lowest BCUT2D eigenvalue weighted by Gasteiger charge is -2.06. The number of aryl methyl sites for hydroxylation is 1. The molecule has 5 heteroatoms. The Morgan fingerprint density at radius 3 is 3.00 bits per heavy atom. The number of halogens is 1. The standard InChI is InChI=1S/C13H14N2O2.ClH/c16-10-12-3-1-4-13(9-12)17-8-2-6-15-7-5-14-11-15;/h1,3-5,7,9-11H,2,6,8H2;1H. The van der Waals surface area contributed by atoms with Crippen molar-refractivity contribution in [2.24, 2.45) is 0 Å². The molecule has 4 nitrogen and oxygen atoms in total. The highest BCUT2D eigenvalue weighted by Crippen LogP contribution is 2.12. The topological polar surface area (TPSA) is 44.1 Å². The maximum absolute atomic E-state index is 10.6. The molecule has 0 fully saturated rings. The number of ether oxygens (including phenoxy) is 1. The fourth-order valence-corrected chi connectivity index (χ4v) is 1.53. The van der Waals surface area contributed by atoms with Crippen LogP contribution in [0.4, 0.5) is 0 Å². The first-order valence-electron chi connectivity index (χ1n) is 5.52. The maximum Gasteiger partial charge on any atom is 0.150 e. The number of benzene rings is 1. The van der Waals surface area contributed by atoms with Gasteiger partial charge in [0.1, 0.15) is 12.0 Å². The lowest BCUT2D eigenvalue weighted by molar-refractivity contribution is 0.112. The summed E-state index contributed by atoms with van der Waals surface area (Å²) < 4.78 is 7.56. The van der Waals surface area contributed by atoms with E-state index >= 15 is 0 Å². The Balaban J connectivity index is 0.00000162. The van der Waals surface area contributed by atoms with Crippen LogP contribution in [0.3, 0.4) is 0 Å². The molecule has 0 spiro atoms. The van der Waals surface area contributed by atoms with Crippen LogP contribution in [0.25, 0.3) is 0 Å². The maximum atomic E-state index is 10.6. The van der Waals surface area contributed by atoms with Crippen molar-refractivity contribution < 1.29 is 9.53 Å². The van der Waals surface area contributed by atoms with Crippen molar-refractivity contribution in [3.8, 4) is 5.75 Å². The lowest BCUT2D eigenvalue weighted by Crippen LogP contribution is -2.03. The van der Waals surface area contributed by atoms with Crippen LogP contribution in [-0.2, 0) is 6.54 Å². The van der Waals surface area contributed by atoms with Crippen molar-refractivity contribution in [3.63, 3.8) is 0 Å². The highest BCUT2D eigenvalue weighted by molar-refractivity contribution is 5.85. The van der Waals surface area contributed by atoms with Crippen LogP contribution >= 0.6 is 12.4 Å². The van der Waals surface area contributed by atoms with Gasteiger partial charge in [-0.3, -0.25) is 4.79 Å². The van der Waals surface area contributed by atoms with Gasteiger partial charge >= 0.3 is 0 Å². The summed E-state index contributed by atoms with van der Waals surface area (Å²) in [7, 11) is 0. The van der Waals surface area contributed by atoms with Crippen molar-refractivity contribution >= 4 is 18.7 Å². The number of carbonyl (C=O) groups is 1. The molecule has 0 radical (unpaired) electrons. The quantitative estimate of drug-likeness (QED) is 0.596. The zero-order valence-electron chi connectivity index (χ0n) is 9.86. The van der Waals surface area contributed by atoms with Crippen molar-refractivity contribution in [1.29, 1.82) is 0 Å². The molecule has 0 N–H and O–H groups in total. The Bertz CT molecular complexity index is 472. The van der Waals surface area contributed by atoms with Gasteiger partial charge < -0.3 is 9.30 Å². The van der Waals surface area contributed by atoms with E-state index < -0.39 is 0 Å². The van der Waals surface area contributed by atoms with Crippen molar-refractivity contribution in [3.05, 3.63) is 48.5 Å². The van der Waals surface area contributed by atoms with Crippen LogP contribution in [0.1, 0.15) is 16.8 Å². The van der Waals surface area contributed by atoms with Gasteiger partial charge in [0.05, 0.1) is 12.9 Å². The second kappa shape index (κ2) is 7.50. The lowest BCUT2D eigenvalue weighted by atomic mass is 10.2. The first-order valence-corrected chi connectivity index (χ1v) is 5.52. The molecule has 0 unspecified atom stereocenters. The van der Waals surface area contributed by atoms with Crippen LogP contribution in [0.15, 0.2) is 43.0 Å². The second-order valence-electron chi connectivity index (χ2n) is 3.69. The number of aromatic nitrogens is 2. The van der Waals surface area contributed by atoms with Gasteiger partial charge in [0, 0.05) is 24.5 Å². The third-order valence-electron chi connectivity index (χ3n) is 2.38. The van der Waals surface area contributed by atoms with E-state index in [0.717, 1.165) is 25.0 Å². The van der Waals surface area contributed by atoms with Crippen molar-refractivity contribution in [1.82, 2.24) is 9.55 Å². The van der Waals surface area contributed by atoms with E-state index in [1.807, 2.05) is 22.9 Å². The average molecular weight is 267 g/mol. The Labute approximate surface area is 112 Å². The molecule has 1 heterocycles. The fourth-order valence-electron chi connectivity index (χ4n) is 1.53. The Hall–Kier alpha value is -1.81. The summed E-state index contributed by atoms with van der Waals surface area (Å²) in [4.78, 5) is 14.5. The molecular weight excluding hydrogens is 252 g/mol. The summed E-state index contributed by atoms with van der Waals surface area (Å²) in [5, 5.41) is 0. The number of rotatable bonds is 6. The number of hydrogen-bond donors (Lipinski definition) is 0. The molecule has 0 saturated carbocycles. The van der Waals surface area contributed by atoms with Gasteiger partial charge in [0.15, 0.2) is 0 Å². The fraction of sp³-hybridized carbons (Fsp3) is 0.231. The molecule has 2 rings (SSSR count). The van der Waals surface area contributed by atoms with Crippen LogP contribution in [0.5, 0.6) is 5.75 Å². The van der Waals surface area contributed by atoms with E-state index in [4.69, 9.17) is 4.74 Å². The number of hydrogen-bond acceptors (Lipinski definition) is 3. The van der Waals surface area contributed by atoms with Gasteiger partial charge in [-0.05, 0) is 18.6 Å². The Morgan fingerprint density at radius 2 is 2.28 bits per heavy atom. The first kappa shape index (κ1) is 14.3. The molecule has 0 aliphatic carbocycles. The summed E-state index contributed by atoms with van der Waals surface area (Å²) in [5.74, 6) is 0.736. The van der Waals surface area contributed by atoms with E-state index in [1.54, 1.807) is 24.7 Å². The molecule has 0 aliphatic rings. The zero-order chi connectivity index (χ0) is 11.9. The monoisotopic (exact) mass is 266 g/mol. The van der Waals surface area contributed by atoms with Gasteiger partial charge in [-0.25, -0.2) is 4.98 Å². The summed E-state index contributed by atoms with van der Waals surface area (Å²) in [6.07, 6.45) is 7.19. The molecule has 0 bridgehead atoms. The second-order valence-corrected chi connectivity index (χ2v) is 3.69. The molecule has 1 aromatic heterocycles. The molecule has 0 atom stereocenters. The van der Waals surface area contributed by atoms with Gasteiger partial charge in [-0.1, -0.05) is 12.1 Å². The largest absolute Gasteiger partial charge is 0.494 e. The number of aldehydes is 1. The minimum atomic E-state index is 0. The van der Waals surface area contributed by atoms with Crippen LogP contribution in [0, 0.1) is 0 Å². The average Bonchev–Trinajstić information content (AvgIpc) is 2.88. The number of imidazole rings is 1. The number of carbonyl (C=O) groups excluding carboxylic acids is 1. The SMILES string of the molecule is Cl.O=Cc1cccc(OCCCn2ccnc2)c1.